The van der Waals surface area contributed by atoms with E-state index in [0.29, 0.717) is 6.42 Å². The van der Waals surface area contributed by atoms with Gasteiger partial charge in [-0.3, -0.25) is 5.32 Å². The van der Waals surface area contributed by atoms with Gasteiger partial charge < -0.3 is 15.0 Å². The topological polar surface area (TPSA) is 53.6 Å². The fraction of sp³-hybridized carbons (Fsp3) is 0.348. The van der Waals surface area contributed by atoms with Crippen LogP contribution in [0.5, 0.6) is 0 Å². The van der Waals surface area contributed by atoms with Crippen LogP contribution in [-0.4, -0.2) is 32.8 Å². The van der Waals surface area contributed by atoms with Crippen molar-refractivity contribution in [2.24, 2.45) is 0 Å². The van der Waals surface area contributed by atoms with Crippen LogP contribution in [0.2, 0.25) is 0 Å². The molecule has 2 rings (SSSR count). The van der Waals surface area contributed by atoms with Gasteiger partial charge in [0.1, 0.15) is 11.4 Å². The van der Waals surface area contributed by atoms with Crippen LogP contribution >= 0.6 is 0 Å². The molecule has 1 amide bonds. The highest BCUT2D eigenvalue weighted by atomic mass is 19.1. The van der Waals surface area contributed by atoms with Crippen molar-refractivity contribution in [3.8, 4) is 0 Å². The van der Waals surface area contributed by atoms with E-state index >= 15 is 0 Å². The molecular formula is C23H30FN3O2. The number of amides is 1. The Kier molecular flexibility index (Phi) is 7.26. The van der Waals surface area contributed by atoms with Crippen molar-refractivity contribution >= 4 is 29.2 Å². The molecule has 0 spiro atoms. The number of hydrogen-bond acceptors (Lipinski definition) is 4. The van der Waals surface area contributed by atoms with Crippen molar-refractivity contribution in [2.45, 2.75) is 32.8 Å². The summed E-state index contributed by atoms with van der Waals surface area (Å²) in [5, 5.41) is 5.62. The van der Waals surface area contributed by atoms with E-state index in [4.69, 9.17) is 4.74 Å². The van der Waals surface area contributed by atoms with Gasteiger partial charge in [0.05, 0.1) is 5.69 Å². The Morgan fingerprint density at radius 3 is 2.41 bits per heavy atom. The molecule has 2 aromatic rings. The van der Waals surface area contributed by atoms with Crippen LogP contribution in [0.25, 0.3) is 6.08 Å². The number of anilines is 3. The normalized spacial score (nSPS) is 11.4. The molecular weight excluding hydrogens is 369 g/mol. The summed E-state index contributed by atoms with van der Waals surface area (Å²) in [4.78, 5) is 13.9. The van der Waals surface area contributed by atoms with E-state index in [-0.39, 0.29) is 5.69 Å². The van der Waals surface area contributed by atoms with Gasteiger partial charge >= 0.3 is 6.09 Å². The van der Waals surface area contributed by atoms with Crippen LogP contribution in [0.3, 0.4) is 0 Å². The highest BCUT2D eigenvalue weighted by Gasteiger charge is 2.17. The molecule has 0 saturated heterocycles. The number of carbonyl (C=O) groups is 1. The van der Waals surface area contributed by atoms with Crippen molar-refractivity contribution < 1.29 is 13.9 Å². The van der Waals surface area contributed by atoms with Crippen molar-refractivity contribution in [1.29, 1.82) is 0 Å². The van der Waals surface area contributed by atoms with Crippen molar-refractivity contribution in [2.75, 3.05) is 36.7 Å². The number of allylic oxidation sites excluding steroid dienone is 1. The third kappa shape index (κ3) is 6.82. The molecule has 0 unspecified atom stereocenters. The largest absolute Gasteiger partial charge is 0.444 e. The second-order valence-corrected chi connectivity index (χ2v) is 7.96. The van der Waals surface area contributed by atoms with Crippen LogP contribution < -0.4 is 15.5 Å². The summed E-state index contributed by atoms with van der Waals surface area (Å²) in [5.74, 6) is -0.493. The first-order chi connectivity index (χ1) is 13.6. The first kappa shape index (κ1) is 22.3. The molecule has 0 fully saturated rings. The monoisotopic (exact) mass is 399 g/mol. The fourth-order valence-electron chi connectivity index (χ4n) is 2.72. The van der Waals surface area contributed by atoms with Gasteiger partial charge in [0, 0.05) is 32.5 Å². The van der Waals surface area contributed by atoms with Gasteiger partial charge in [-0.1, -0.05) is 18.2 Å². The molecule has 0 radical (unpaired) electrons. The Morgan fingerprint density at radius 2 is 1.83 bits per heavy atom. The molecule has 156 valence electrons. The molecule has 2 N–H and O–H groups in total. The summed E-state index contributed by atoms with van der Waals surface area (Å²) in [7, 11) is 5.88. The van der Waals surface area contributed by atoms with Gasteiger partial charge in [0.25, 0.3) is 0 Å². The summed E-state index contributed by atoms with van der Waals surface area (Å²) in [6.45, 7) is 5.27. The van der Waals surface area contributed by atoms with E-state index in [2.05, 4.69) is 22.8 Å². The fourth-order valence-corrected chi connectivity index (χ4v) is 2.72. The van der Waals surface area contributed by atoms with E-state index in [1.807, 2.05) is 44.3 Å². The molecule has 5 nitrogen and oxygen atoms in total. The Morgan fingerprint density at radius 1 is 1.14 bits per heavy atom. The van der Waals surface area contributed by atoms with Crippen molar-refractivity contribution in [3.63, 3.8) is 0 Å². The van der Waals surface area contributed by atoms with E-state index in [1.54, 1.807) is 32.9 Å². The van der Waals surface area contributed by atoms with Crippen LogP contribution in [0.4, 0.5) is 26.2 Å². The number of hydrogen-bond donors (Lipinski definition) is 2. The smallest absolute Gasteiger partial charge is 0.412 e. The third-order valence-corrected chi connectivity index (χ3v) is 4.14. The molecule has 0 atom stereocenters. The molecule has 0 heterocycles. The standard InChI is InChI=1S/C23H30FN3O2/c1-23(2,3)29-22(28)26-21-12-10-16(14-19(21)24)8-7-9-17-15-18(27(5)6)11-13-20(17)25-4/h7,9-15,25H,8H2,1-6H3,(H,26,28)/b9-7-. The second kappa shape index (κ2) is 9.45. The lowest BCUT2D eigenvalue weighted by atomic mass is 10.1. The molecule has 0 aliphatic heterocycles. The van der Waals surface area contributed by atoms with Gasteiger partial charge in [-0.05, 0) is 68.7 Å². The van der Waals surface area contributed by atoms with Gasteiger partial charge in [-0.2, -0.15) is 0 Å². The number of ether oxygens (including phenoxy) is 1. The predicted molar refractivity (Wildman–Crippen MR) is 119 cm³/mol. The van der Waals surface area contributed by atoms with Crippen molar-refractivity contribution in [3.05, 3.63) is 59.4 Å². The SMILES string of the molecule is CNc1ccc(N(C)C)cc1/C=C\Cc1ccc(NC(=O)OC(C)(C)C)c(F)c1. The molecule has 0 bridgehead atoms. The van der Waals surface area contributed by atoms with E-state index < -0.39 is 17.5 Å². The zero-order valence-electron chi connectivity index (χ0n) is 18.0. The van der Waals surface area contributed by atoms with Crippen LogP contribution in [0, 0.1) is 5.82 Å². The third-order valence-electron chi connectivity index (χ3n) is 4.14. The number of nitrogens with zero attached hydrogens (tertiary/aromatic N) is 1. The quantitative estimate of drug-likeness (QED) is 0.670. The molecule has 0 aliphatic rings. The van der Waals surface area contributed by atoms with E-state index in [9.17, 15) is 9.18 Å². The zero-order valence-corrected chi connectivity index (χ0v) is 18.0. The van der Waals surface area contributed by atoms with Crippen molar-refractivity contribution in [1.82, 2.24) is 0 Å². The minimum atomic E-state index is -0.676. The lowest BCUT2D eigenvalue weighted by Gasteiger charge is -2.19. The number of carbonyl (C=O) groups excluding carboxylic acids is 1. The summed E-state index contributed by atoms with van der Waals surface area (Å²) < 4.78 is 19.5. The highest BCUT2D eigenvalue weighted by molar-refractivity contribution is 5.85. The van der Waals surface area contributed by atoms with Crippen LogP contribution in [-0.2, 0) is 11.2 Å². The van der Waals surface area contributed by atoms with E-state index in [1.165, 1.54) is 6.07 Å². The Bertz CT molecular complexity index is 886. The van der Waals surface area contributed by atoms with Crippen LogP contribution in [0.15, 0.2) is 42.5 Å². The lowest BCUT2D eigenvalue weighted by molar-refractivity contribution is 0.0635. The molecule has 0 aliphatic carbocycles. The molecule has 6 heteroatoms. The lowest BCUT2D eigenvalue weighted by Crippen LogP contribution is -2.27. The molecule has 0 saturated carbocycles. The summed E-state index contributed by atoms with van der Waals surface area (Å²) in [5.41, 5.74) is 3.46. The molecule has 29 heavy (non-hydrogen) atoms. The van der Waals surface area contributed by atoms with Gasteiger partial charge in [0.2, 0.25) is 0 Å². The number of benzene rings is 2. The first-order valence-corrected chi connectivity index (χ1v) is 9.53. The number of nitrogens with one attached hydrogen (secondary N) is 2. The number of rotatable bonds is 6. The molecule has 0 aromatic heterocycles. The summed E-state index contributed by atoms with van der Waals surface area (Å²) in [6.07, 6.45) is 3.90. The second-order valence-electron chi connectivity index (χ2n) is 7.96. The maximum atomic E-state index is 14.3. The number of halogens is 1. The zero-order chi connectivity index (χ0) is 21.6. The van der Waals surface area contributed by atoms with E-state index in [0.717, 1.165) is 22.5 Å². The minimum Gasteiger partial charge on any atom is -0.444 e. The maximum Gasteiger partial charge on any atom is 0.412 e. The average Bonchev–Trinajstić information content (AvgIpc) is 2.62. The maximum absolute atomic E-state index is 14.3. The first-order valence-electron chi connectivity index (χ1n) is 9.53. The van der Waals surface area contributed by atoms with Crippen LogP contribution in [0.1, 0.15) is 31.9 Å². The molecule has 2 aromatic carbocycles. The average molecular weight is 400 g/mol. The summed E-state index contributed by atoms with van der Waals surface area (Å²) >= 11 is 0. The van der Waals surface area contributed by atoms with Gasteiger partial charge in [-0.25, -0.2) is 9.18 Å². The highest BCUT2D eigenvalue weighted by Crippen LogP contribution is 2.24. The Balaban J connectivity index is 2.07. The van der Waals surface area contributed by atoms with Gasteiger partial charge in [0.15, 0.2) is 0 Å². The predicted octanol–water partition coefficient (Wildman–Crippen LogP) is 5.54. The minimum absolute atomic E-state index is 0.100. The van der Waals surface area contributed by atoms with Gasteiger partial charge in [-0.15, -0.1) is 0 Å². The summed E-state index contributed by atoms with van der Waals surface area (Å²) in [6, 6.07) is 10.9. The Labute approximate surface area is 172 Å². The Hall–Kier alpha value is -3.02.